The number of nitrogens with one attached hydrogen (secondary N) is 1. The number of oxazole rings is 1. The lowest BCUT2D eigenvalue weighted by molar-refractivity contribution is -0.116. The van der Waals surface area contributed by atoms with E-state index < -0.39 is 5.76 Å². The summed E-state index contributed by atoms with van der Waals surface area (Å²) in [6, 6.07) is 16.1. The number of carbonyl (C=O) groups is 1. The van der Waals surface area contributed by atoms with E-state index in [4.69, 9.17) is 9.15 Å². The molecule has 0 spiro atoms. The summed E-state index contributed by atoms with van der Waals surface area (Å²) in [5, 5.41) is 2.72. The summed E-state index contributed by atoms with van der Waals surface area (Å²) in [7, 11) is 0. The monoisotopic (exact) mass is 389 g/mol. The first-order valence-corrected chi connectivity index (χ1v) is 9.09. The van der Waals surface area contributed by atoms with E-state index >= 15 is 0 Å². The Balaban J connectivity index is 1.43. The number of fused-ring (bicyclic) bond motifs is 1. The highest BCUT2D eigenvalue weighted by Gasteiger charge is 2.12. The van der Waals surface area contributed by atoms with Crippen LogP contribution in [0.3, 0.4) is 0 Å². The number of aryl methyl sites for hydroxylation is 2. The topological polar surface area (TPSA) is 86.4 Å². The van der Waals surface area contributed by atoms with Gasteiger partial charge in [-0.2, -0.15) is 0 Å². The molecule has 1 N–H and O–H groups in total. The maximum atomic E-state index is 12.3. The van der Waals surface area contributed by atoms with E-state index in [1.54, 1.807) is 36.4 Å². The van der Waals surface area contributed by atoms with Crippen molar-refractivity contribution in [1.29, 1.82) is 0 Å². The molecule has 2 aromatic heterocycles. The zero-order valence-corrected chi connectivity index (χ0v) is 16.0. The molecule has 2 heterocycles. The van der Waals surface area contributed by atoms with E-state index in [0.717, 1.165) is 5.56 Å². The van der Waals surface area contributed by atoms with Crippen LogP contribution in [0.25, 0.3) is 11.1 Å². The van der Waals surface area contributed by atoms with Gasteiger partial charge in [0.2, 0.25) is 11.8 Å². The van der Waals surface area contributed by atoms with E-state index in [1.807, 2.05) is 32.0 Å². The molecule has 2 aromatic carbocycles. The molecule has 7 nitrogen and oxygen atoms in total. The van der Waals surface area contributed by atoms with Crippen LogP contribution in [-0.2, 0) is 11.3 Å². The van der Waals surface area contributed by atoms with E-state index in [2.05, 4.69) is 10.3 Å². The number of amides is 1. The van der Waals surface area contributed by atoms with E-state index in [-0.39, 0.29) is 12.5 Å². The maximum Gasteiger partial charge on any atom is 0.420 e. The molecule has 1 amide bonds. The van der Waals surface area contributed by atoms with Gasteiger partial charge in [0.15, 0.2) is 5.58 Å². The second-order valence-electron chi connectivity index (χ2n) is 6.70. The van der Waals surface area contributed by atoms with Crippen LogP contribution in [-0.4, -0.2) is 15.5 Å². The highest BCUT2D eigenvalue weighted by molar-refractivity contribution is 5.91. The third-order valence-corrected chi connectivity index (χ3v) is 4.60. The van der Waals surface area contributed by atoms with Crippen molar-refractivity contribution in [2.24, 2.45) is 0 Å². The summed E-state index contributed by atoms with van der Waals surface area (Å²) in [5.74, 6) is 0.187. The molecule has 0 unspecified atom stereocenters. The lowest BCUT2D eigenvalue weighted by atomic mass is 10.1. The van der Waals surface area contributed by atoms with Crippen LogP contribution in [0.2, 0.25) is 0 Å². The Bertz CT molecular complexity index is 1240. The Morgan fingerprint density at radius 1 is 1.10 bits per heavy atom. The van der Waals surface area contributed by atoms with Gasteiger partial charge in [0.1, 0.15) is 12.3 Å². The predicted molar refractivity (Wildman–Crippen MR) is 109 cm³/mol. The van der Waals surface area contributed by atoms with Gasteiger partial charge in [-0.1, -0.05) is 18.2 Å². The molecule has 7 heteroatoms. The number of pyridine rings is 1. The van der Waals surface area contributed by atoms with Crippen LogP contribution >= 0.6 is 0 Å². The van der Waals surface area contributed by atoms with Gasteiger partial charge < -0.3 is 14.5 Å². The highest BCUT2D eigenvalue weighted by atomic mass is 16.5. The third-order valence-electron chi connectivity index (χ3n) is 4.60. The molecule has 0 saturated heterocycles. The zero-order valence-electron chi connectivity index (χ0n) is 16.0. The molecule has 0 radical (unpaired) electrons. The first-order chi connectivity index (χ1) is 14.0. The first-order valence-electron chi connectivity index (χ1n) is 9.09. The maximum absolute atomic E-state index is 12.3. The number of aromatic nitrogens is 2. The Labute approximate surface area is 166 Å². The Morgan fingerprint density at radius 3 is 2.69 bits per heavy atom. The quantitative estimate of drug-likeness (QED) is 0.557. The Hall–Kier alpha value is -3.87. The second kappa shape index (κ2) is 7.63. The Kier molecular flexibility index (Phi) is 4.87. The van der Waals surface area contributed by atoms with Gasteiger partial charge in [0.25, 0.3) is 0 Å². The number of anilines is 1. The smallest absolute Gasteiger partial charge is 0.420 e. The molecule has 0 saturated carbocycles. The number of ether oxygens (including phenoxy) is 1. The van der Waals surface area contributed by atoms with Gasteiger partial charge in [-0.3, -0.25) is 9.36 Å². The van der Waals surface area contributed by atoms with Crippen molar-refractivity contribution in [3.8, 4) is 11.6 Å². The van der Waals surface area contributed by atoms with E-state index in [0.29, 0.717) is 28.4 Å². The molecule has 146 valence electrons. The van der Waals surface area contributed by atoms with Crippen LogP contribution in [0.4, 0.5) is 5.69 Å². The Morgan fingerprint density at radius 2 is 1.93 bits per heavy atom. The summed E-state index contributed by atoms with van der Waals surface area (Å²) in [4.78, 5) is 28.5. The average molecular weight is 389 g/mol. The minimum atomic E-state index is -0.573. The summed E-state index contributed by atoms with van der Waals surface area (Å²) in [5.41, 5.74) is 3.84. The van der Waals surface area contributed by atoms with E-state index in [1.165, 1.54) is 16.3 Å². The van der Waals surface area contributed by atoms with Gasteiger partial charge >= 0.3 is 5.76 Å². The van der Waals surface area contributed by atoms with Crippen molar-refractivity contribution < 1.29 is 13.9 Å². The van der Waals surface area contributed by atoms with Crippen molar-refractivity contribution in [2.45, 2.75) is 20.4 Å². The van der Waals surface area contributed by atoms with Crippen molar-refractivity contribution in [2.75, 3.05) is 5.32 Å². The molecule has 4 rings (SSSR count). The minimum absolute atomic E-state index is 0.156. The summed E-state index contributed by atoms with van der Waals surface area (Å²) >= 11 is 0. The second-order valence-corrected chi connectivity index (χ2v) is 6.70. The van der Waals surface area contributed by atoms with Gasteiger partial charge in [-0.25, -0.2) is 9.78 Å². The number of benzene rings is 2. The molecule has 0 atom stereocenters. The number of para-hydroxylation sites is 2. The van der Waals surface area contributed by atoms with Crippen LogP contribution in [0.15, 0.2) is 70.0 Å². The fraction of sp³-hybridized carbons (Fsp3) is 0.136. The van der Waals surface area contributed by atoms with E-state index in [9.17, 15) is 9.59 Å². The van der Waals surface area contributed by atoms with Crippen molar-refractivity contribution in [1.82, 2.24) is 9.55 Å². The van der Waals surface area contributed by atoms with Gasteiger partial charge in [-0.15, -0.1) is 0 Å². The van der Waals surface area contributed by atoms with Gasteiger partial charge in [0, 0.05) is 6.07 Å². The zero-order chi connectivity index (χ0) is 20.4. The van der Waals surface area contributed by atoms with Crippen molar-refractivity contribution in [3.05, 3.63) is 82.5 Å². The first kappa shape index (κ1) is 18.5. The standard InChI is InChI=1S/C22H19N3O4/c1-14-7-9-17(11-15(14)2)28-21-10-8-16(12-23-21)24-20(26)13-25-18-5-3-4-6-19(18)29-22(25)27/h3-12H,13H2,1-2H3,(H,24,26). The number of nitrogens with zero attached hydrogens (tertiary/aromatic N) is 2. The average Bonchev–Trinajstić information content (AvgIpc) is 3.01. The summed E-state index contributed by atoms with van der Waals surface area (Å²) in [6.07, 6.45) is 1.50. The molecule has 0 aliphatic heterocycles. The summed E-state index contributed by atoms with van der Waals surface area (Å²) in [6.45, 7) is 3.90. The van der Waals surface area contributed by atoms with Gasteiger partial charge in [0.05, 0.1) is 17.4 Å². The molecule has 0 aliphatic rings. The molecule has 0 aliphatic carbocycles. The molecule has 4 aromatic rings. The molecule has 0 bridgehead atoms. The minimum Gasteiger partial charge on any atom is -0.439 e. The third kappa shape index (κ3) is 4.03. The highest BCUT2D eigenvalue weighted by Crippen LogP contribution is 2.23. The predicted octanol–water partition coefficient (Wildman–Crippen LogP) is 4.04. The fourth-order valence-electron chi connectivity index (χ4n) is 2.92. The fourth-order valence-corrected chi connectivity index (χ4v) is 2.92. The lowest BCUT2D eigenvalue weighted by Gasteiger charge is -2.09. The van der Waals surface area contributed by atoms with Crippen molar-refractivity contribution >= 4 is 22.7 Å². The molecular formula is C22H19N3O4. The number of hydrogen-bond acceptors (Lipinski definition) is 5. The number of carbonyl (C=O) groups excluding carboxylic acids is 1. The normalized spacial score (nSPS) is 10.8. The van der Waals surface area contributed by atoms with Crippen LogP contribution in [0.5, 0.6) is 11.6 Å². The molecule has 0 fully saturated rings. The molecular weight excluding hydrogens is 370 g/mol. The van der Waals surface area contributed by atoms with Crippen LogP contribution in [0, 0.1) is 13.8 Å². The SMILES string of the molecule is Cc1ccc(Oc2ccc(NC(=O)Cn3c(=O)oc4ccccc43)cn2)cc1C. The van der Waals surface area contributed by atoms with Gasteiger partial charge in [-0.05, 0) is 55.3 Å². The summed E-state index contributed by atoms with van der Waals surface area (Å²) < 4.78 is 12.2. The number of rotatable bonds is 5. The van der Waals surface area contributed by atoms with Crippen molar-refractivity contribution in [3.63, 3.8) is 0 Å². The lowest BCUT2D eigenvalue weighted by Crippen LogP contribution is -2.24. The van der Waals surface area contributed by atoms with Crippen LogP contribution in [0.1, 0.15) is 11.1 Å². The number of hydrogen-bond donors (Lipinski definition) is 1. The van der Waals surface area contributed by atoms with Crippen LogP contribution < -0.4 is 15.8 Å². The molecule has 29 heavy (non-hydrogen) atoms. The largest absolute Gasteiger partial charge is 0.439 e.